The van der Waals surface area contributed by atoms with E-state index in [0.29, 0.717) is 25.3 Å². The van der Waals surface area contributed by atoms with E-state index < -0.39 is 54.4 Å². The second-order valence-electron chi connectivity index (χ2n) is 11.7. The lowest BCUT2D eigenvalue weighted by Gasteiger charge is -2.27. The van der Waals surface area contributed by atoms with E-state index in [1.54, 1.807) is 13.8 Å². The number of ether oxygens (including phenoxy) is 1. The number of quaternary nitrogens is 1. The zero-order chi connectivity index (χ0) is 34.7. The summed E-state index contributed by atoms with van der Waals surface area (Å²) in [6.07, 6.45) is 4.22. The van der Waals surface area contributed by atoms with Crippen molar-refractivity contribution in [1.29, 1.82) is 0 Å². The van der Waals surface area contributed by atoms with Crippen LogP contribution in [0.4, 0.5) is 13.2 Å². The second kappa shape index (κ2) is 21.4. The van der Waals surface area contributed by atoms with Crippen molar-refractivity contribution in [3.8, 4) is 0 Å². The molecule has 0 aromatic heterocycles. The zero-order valence-electron chi connectivity index (χ0n) is 26.7. The number of likely N-dealkylation sites (N-methyl/N-ethyl adjacent to an activating group) is 1. The van der Waals surface area contributed by atoms with Crippen molar-refractivity contribution in [1.82, 2.24) is 15.5 Å². The highest BCUT2D eigenvalue weighted by Gasteiger charge is 2.32. The normalized spacial score (nSPS) is 17.0. The van der Waals surface area contributed by atoms with E-state index in [0.717, 1.165) is 58.0 Å². The average molecular weight is 667 g/mol. The van der Waals surface area contributed by atoms with Crippen LogP contribution in [0.1, 0.15) is 90.9 Å². The number of hydrogen-bond donors (Lipinski definition) is 4. The molecule has 1 saturated carbocycles. The molecule has 5 N–H and O–H groups in total. The van der Waals surface area contributed by atoms with Crippen molar-refractivity contribution in [2.75, 3.05) is 32.8 Å². The van der Waals surface area contributed by atoms with Crippen LogP contribution in [0.5, 0.6) is 0 Å². The number of esters is 1. The summed E-state index contributed by atoms with van der Waals surface area (Å²) < 4.78 is 36.7. The molecule has 1 aliphatic carbocycles. The lowest BCUT2D eigenvalue weighted by Crippen LogP contribution is -2.86. The third kappa shape index (κ3) is 16.8. The van der Waals surface area contributed by atoms with E-state index >= 15 is 0 Å². The Morgan fingerprint density at radius 3 is 2.09 bits per heavy atom. The minimum atomic E-state index is -5.19. The summed E-state index contributed by atoms with van der Waals surface area (Å²) in [5.74, 6) is -5.43. The van der Waals surface area contributed by atoms with E-state index in [4.69, 9.17) is 14.6 Å². The number of nitrogens with zero attached hydrogens (tertiary/aromatic N) is 1. The van der Waals surface area contributed by atoms with Crippen LogP contribution in [0.3, 0.4) is 0 Å². The Morgan fingerprint density at radius 1 is 0.957 bits per heavy atom. The predicted molar refractivity (Wildman–Crippen MR) is 155 cm³/mol. The average Bonchev–Trinajstić information content (AvgIpc) is 3.00. The van der Waals surface area contributed by atoms with Gasteiger partial charge in [-0.2, -0.15) is 13.2 Å². The van der Waals surface area contributed by atoms with E-state index in [2.05, 4.69) is 16.0 Å². The Morgan fingerprint density at radius 2 is 1.57 bits per heavy atom. The molecule has 2 fully saturated rings. The van der Waals surface area contributed by atoms with Crippen molar-refractivity contribution in [2.45, 2.75) is 109 Å². The number of nitrogens with one attached hydrogen (secondary N) is 2. The van der Waals surface area contributed by atoms with E-state index in [-0.39, 0.29) is 25.0 Å². The first kappa shape index (κ1) is 40.6. The number of carboxylic acids is 2. The summed E-state index contributed by atoms with van der Waals surface area (Å²) >= 11 is 0. The molecule has 16 heteroatoms. The number of carbonyl (C=O) groups is 6. The van der Waals surface area contributed by atoms with Crippen molar-refractivity contribution in [2.24, 2.45) is 11.8 Å². The molecule has 0 aromatic rings. The van der Waals surface area contributed by atoms with Gasteiger partial charge in [-0.3, -0.25) is 19.2 Å². The summed E-state index contributed by atoms with van der Waals surface area (Å²) in [4.78, 5) is 72.9. The fourth-order valence-electron chi connectivity index (χ4n) is 5.64. The van der Waals surface area contributed by atoms with Gasteiger partial charge in [0.2, 0.25) is 17.7 Å². The van der Waals surface area contributed by atoms with E-state index in [1.165, 1.54) is 17.7 Å². The number of alkyl halides is 3. The quantitative estimate of drug-likeness (QED) is 0.167. The fraction of sp³-hybridized carbons (Fsp3) is 0.800. The Balaban J connectivity index is 0.00000135. The van der Waals surface area contributed by atoms with Gasteiger partial charge in [0.25, 0.3) is 0 Å². The molecule has 0 aromatic carbocycles. The first-order valence-electron chi connectivity index (χ1n) is 16.0. The molecule has 2 atom stereocenters. The first-order chi connectivity index (χ1) is 21.7. The van der Waals surface area contributed by atoms with Crippen LogP contribution in [-0.4, -0.2) is 96.7 Å². The van der Waals surface area contributed by atoms with Gasteiger partial charge < -0.3 is 40.6 Å². The van der Waals surface area contributed by atoms with Gasteiger partial charge in [-0.05, 0) is 57.8 Å². The van der Waals surface area contributed by atoms with Crippen LogP contribution < -0.4 is 21.1 Å². The molecule has 46 heavy (non-hydrogen) atoms. The van der Waals surface area contributed by atoms with E-state index in [9.17, 15) is 42.3 Å². The smallest absolute Gasteiger partial charge is 0.430 e. The van der Waals surface area contributed by atoms with Crippen LogP contribution in [0.2, 0.25) is 0 Å². The number of halogens is 3. The lowest BCUT2D eigenvalue weighted by molar-refractivity contribution is -0.664. The van der Waals surface area contributed by atoms with Gasteiger partial charge in [-0.25, -0.2) is 4.79 Å². The number of piperidine rings is 1. The van der Waals surface area contributed by atoms with Crippen molar-refractivity contribution < 1.29 is 62.2 Å². The van der Waals surface area contributed by atoms with Gasteiger partial charge in [-0.1, -0.05) is 32.1 Å². The largest absolute Gasteiger partial charge is 0.542 e. The van der Waals surface area contributed by atoms with Gasteiger partial charge in [-0.15, -0.1) is 0 Å². The molecular formula is C30H49F3N4O9. The Labute approximate surface area is 267 Å². The molecule has 0 radical (unpaired) electrons. The molecular weight excluding hydrogens is 617 g/mol. The summed E-state index contributed by atoms with van der Waals surface area (Å²) in [7, 11) is 0. The van der Waals surface area contributed by atoms with Gasteiger partial charge in [0, 0.05) is 13.0 Å². The maximum Gasteiger partial charge on any atom is 0.430 e. The Kier molecular flexibility index (Phi) is 18.9. The Bertz CT molecular complexity index is 1000. The highest BCUT2D eigenvalue weighted by atomic mass is 19.4. The van der Waals surface area contributed by atoms with Crippen molar-refractivity contribution >= 4 is 35.6 Å². The summed E-state index contributed by atoms with van der Waals surface area (Å²) in [5.41, 5.74) is 0. The number of nitrogens with two attached hydrogens (primary N) is 1. The van der Waals surface area contributed by atoms with Crippen LogP contribution >= 0.6 is 0 Å². The summed E-state index contributed by atoms with van der Waals surface area (Å²) in [5, 5.41) is 25.6. The standard InChI is InChI=1S/C28H48N4O7.C2HF3O2/c1-3-32(25(34)12-8-11-20-13-15-29-16-14-20)19-24(33)30-22(18-26(35)36)27(37)31-23(28(38)39-4-2)17-21-9-6-5-7-10-21;3-2(4,5)1(6)7/h20-23,29H,3-19H2,1-2H3,(H,30,33)(H,31,37)(H,35,36);(H,6,7)/t22-,23-;/m0./s1. The molecule has 2 rings (SSSR count). The van der Waals surface area contributed by atoms with Crippen molar-refractivity contribution in [3.05, 3.63) is 0 Å². The third-order valence-electron chi connectivity index (χ3n) is 8.07. The molecule has 1 heterocycles. The summed E-state index contributed by atoms with van der Waals surface area (Å²) in [6, 6.07) is -2.29. The van der Waals surface area contributed by atoms with Crippen LogP contribution in [0.15, 0.2) is 0 Å². The van der Waals surface area contributed by atoms with Crippen LogP contribution in [0, 0.1) is 11.8 Å². The molecule has 0 spiro atoms. The molecule has 2 aliphatic rings. The fourth-order valence-corrected chi connectivity index (χ4v) is 5.64. The number of aliphatic carboxylic acids is 2. The molecule has 1 saturated heterocycles. The van der Waals surface area contributed by atoms with E-state index in [1.807, 2.05) is 0 Å². The highest BCUT2D eigenvalue weighted by molar-refractivity contribution is 5.94. The molecule has 264 valence electrons. The number of carbonyl (C=O) groups excluding carboxylic acids is 5. The number of carboxylic acid groups (broad SMARTS) is 2. The monoisotopic (exact) mass is 666 g/mol. The third-order valence-corrected chi connectivity index (χ3v) is 8.07. The molecule has 1 aliphatic heterocycles. The number of rotatable bonds is 16. The second-order valence-corrected chi connectivity index (χ2v) is 11.7. The maximum absolute atomic E-state index is 13.1. The minimum absolute atomic E-state index is 0.135. The lowest BCUT2D eigenvalue weighted by atomic mass is 9.84. The summed E-state index contributed by atoms with van der Waals surface area (Å²) in [6.45, 7) is 5.94. The van der Waals surface area contributed by atoms with Gasteiger partial charge >= 0.3 is 18.1 Å². The highest BCUT2D eigenvalue weighted by Crippen LogP contribution is 2.27. The molecule has 3 amide bonds. The van der Waals surface area contributed by atoms with Crippen molar-refractivity contribution in [3.63, 3.8) is 0 Å². The number of amides is 3. The van der Waals surface area contributed by atoms with Crippen LogP contribution in [0.25, 0.3) is 0 Å². The van der Waals surface area contributed by atoms with Gasteiger partial charge in [0.05, 0.1) is 32.7 Å². The predicted octanol–water partition coefficient (Wildman–Crippen LogP) is 0.255. The van der Waals surface area contributed by atoms with Gasteiger partial charge in [0.1, 0.15) is 18.1 Å². The zero-order valence-corrected chi connectivity index (χ0v) is 26.7. The van der Waals surface area contributed by atoms with Gasteiger partial charge in [0.15, 0.2) is 0 Å². The molecule has 13 nitrogen and oxygen atoms in total. The minimum Gasteiger partial charge on any atom is -0.542 e. The first-order valence-corrected chi connectivity index (χ1v) is 16.0. The van der Waals surface area contributed by atoms with Crippen LogP contribution in [-0.2, 0) is 33.5 Å². The molecule has 0 bridgehead atoms. The SMILES string of the molecule is CCOC(=O)[C@H](CC1CCCCC1)NC(=O)[C@H](CC(=O)O)NC(=O)CN(CC)C(=O)CCCC1CC[NH2+]CC1.O=C([O-])C(F)(F)F. The number of hydrogen-bond acceptors (Lipinski definition) is 8. The topological polar surface area (TPSA) is 199 Å². The maximum atomic E-state index is 13.1. The Hall–Kier alpha value is -3.43. The molecule has 0 unspecified atom stereocenters.